The third-order valence-corrected chi connectivity index (χ3v) is 5.63. The molecule has 0 unspecified atom stereocenters. The van der Waals surface area contributed by atoms with Crippen molar-refractivity contribution in [3.63, 3.8) is 0 Å². The number of sulfonamides is 1. The van der Waals surface area contributed by atoms with E-state index < -0.39 is 22.0 Å². The van der Waals surface area contributed by atoms with E-state index in [4.69, 9.17) is 18.9 Å². The molecule has 30 heavy (non-hydrogen) atoms. The number of hydrogen-bond acceptors (Lipinski definition) is 7. The van der Waals surface area contributed by atoms with Gasteiger partial charge in [0.25, 0.3) is 0 Å². The van der Waals surface area contributed by atoms with Crippen LogP contribution >= 0.6 is 0 Å². The summed E-state index contributed by atoms with van der Waals surface area (Å²) < 4.78 is 48.2. The summed E-state index contributed by atoms with van der Waals surface area (Å²) in [5.41, 5.74) is 0.434. The van der Waals surface area contributed by atoms with Crippen molar-refractivity contribution in [2.75, 3.05) is 39.9 Å². The third kappa shape index (κ3) is 6.34. The average molecular weight is 439 g/mol. The van der Waals surface area contributed by atoms with Crippen LogP contribution in [0.5, 0.6) is 17.2 Å². The van der Waals surface area contributed by atoms with Crippen molar-refractivity contribution in [2.24, 2.45) is 0 Å². The first-order chi connectivity index (χ1) is 14.3. The number of benzene rings is 2. The molecular formula is C20H26N2O7S. The molecule has 164 valence electrons. The summed E-state index contributed by atoms with van der Waals surface area (Å²) in [6.07, 6.45) is 0. The summed E-state index contributed by atoms with van der Waals surface area (Å²) in [7, 11) is 0.675. The van der Waals surface area contributed by atoms with E-state index in [0.29, 0.717) is 36.1 Å². The lowest BCUT2D eigenvalue weighted by Crippen LogP contribution is -2.41. The zero-order valence-electron chi connectivity index (χ0n) is 17.3. The Labute approximate surface area is 176 Å². The van der Waals surface area contributed by atoms with E-state index in [2.05, 4.69) is 10.0 Å². The molecule has 0 aliphatic rings. The summed E-state index contributed by atoms with van der Waals surface area (Å²) in [6, 6.07) is 9.71. The second-order valence-electron chi connectivity index (χ2n) is 6.21. The molecule has 10 heteroatoms. The molecule has 0 aliphatic heterocycles. The average Bonchev–Trinajstić information content (AvgIpc) is 2.74. The Morgan fingerprint density at radius 3 is 2.27 bits per heavy atom. The van der Waals surface area contributed by atoms with Gasteiger partial charge in [-0.2, -0.15) is 4.72 Å². The minimum Gasteiger partial charge on any atom is -0.497 e. The molecule has 0 aromatic heterocycles. The van der Waals surface area contributed by atoms with Crippen molar-refractivity contribution in [3.05, 3.63) is 42.5 Å². The van der Waals surface area contributed by atoms with E-state index >= 15 is 0 Å². The van der Waals surface area contributed by atoms with Gasteiger partial charge in [0.15, 0.2) is 11.5 Å². The Hall–Kier alpha value is -2.82. The fourth-order valence-corrected chi connectivity index (χ4v) is 3.66. The van der Waals surface area contributed by atoms with Crippen molar-refractivity contribution in [3.8, 4) is 17.2 Å². The molecule has 0 saturated heterocycles. The lowest BCUT2D eigenvalue weighted by Gasteiger charge is -2.16. The van der Waals surface area contributed by atoms with E-state index in [-0.39, 0.29) is 4.90 Å². The van der Waals surface area contributed by atoms with Gasteiger partial charge in [-0.25, -0.2) is 8.42 Å². The van der Waals surface area contributed by atoms with Crippen LogP contribution in [-0.2, 0) is 19.6 Å². The Morgan fingerprint density at radius 1 is 0.967 bits per heavy atom. The monoisotopic (exact) mass is 438 g/mol. The van der Waals surface area contributed by atoms with Gasteiger partial charge in [0.05, 0.1) is 31.8 Å². The van der Waals surface area contributed by atoms with Crippen LogP contribution in [0.1, 0.15) is 6.92 Å². The van der Waals surface area contributed by atoms with Gasteiger partial charge in [-0.1, -0.05) is 0 Å². The molecular weight excluding hydrogens is 412 g/mol. The van der Waals surface area contributed by atoms with Gasteiger partial charge < -0.3 is 24.3 Å². The molecule has 0 saturated carbocycles. The Morgan fingerprint density at radius 2 is 1.67 bits per heavy atom. The van der Waals surface area contributed by atoms with Crippen LogP contribution in [0.25, 0.3) is 0 Å². The van der Waals surface area contributed by atoms with Crippen molar-refractivity contribution in [1.82, 2.24) is 4.72 Å². The van der Waals surface area contributed by atoms with Crippen LogP contribution in [-0.4, -0.2) is 54.9 Å². The quantitative estimate of drug-likeness (QED) is 0.516. The molecule has 9 nitrogen and oxygen atoms in total. The molecule has 0 spiro atoms. The number of hydrogen-bond donors (Lipinski definition) is 2. The Bertz CT molecular complexity index is 946. The predicted octanol–water partition coefficient (Wildman–Crippen LogP) is 2.03. The van der Waals surface area contributed by atoms with Gasteiger partial charge in [0, 0.05) is 18.9 Å². The fourth-order valence-electron chi connectivity index (χ4n) is 2.46. The number of nitrogens with one attached hydrogen (secondary N) is 2. The summed E-state index contributed by atoms with van der Waals surface area (Å²) in [6.45, 7) is 2.15. The SMILES string of the molecule is COCCOc1cc(NC(=O)[C@H](C)NS(=O)(=O)c2ccc(OC)cc2)ccc1OC. The first-order valence-corrected chi connectivity index (χ1v) is 10.6. The summed E-state index contributed by atoms with van der Waals surface area (Å²) in [4.78, 5) is 12.5. The van der Waals surface area contributed by atoms with Crippen LogP contribution < -0.4 is 24.2 Å². The Balaban J connectivity index is 2.06. The number of amides is 1. The zero-order chi connectivity index (χ0) is 22.1. The molecule has 0 radical (unpaired) electrons. The molecule has 1 atom stereocenters. The van der Waals surface area contributed by atoms with E-state index in [1.165, 1.54) is 45.4 Å². The van der Waals surface area contributed by atoms with E-state index in [0.717, 1.165) is 0 Å². The summed E-state index contributed by atoms with van der Waals surface area (Å²) >= 11 is 0. The maximum atomic E-state index is 12.5. The minimum absolute atomic E-state index is 0.0289. The third-order valence-electron chi connectivity index (χ3n) is 4.07. The highest BCUT2D eigenvalue weighted by molar-refractivity contribution is 7.89. The molecule has 2 rings (SSSR count). The van der Waals surface area contributed by atoms with Gasteiger partial charge >= 0.3 is 0 Å². The number of carbonyl (C=O) groups is 1. The van der Waals surface area contributed by atoms with E-state index in [9.17, 15) is 13.2 Å². The van der Waals surface area contributed by atoms with Crippen molar-refractivity contribution in [2.45, 2.75) is 17.9 Å². The molecule has 1 amide bonds. The number of rotatable bonds is 11. The highest BCUT2D eigenvalue weighted by Crippen LogP contribution is 2.30. The topological polar surface area (TPSA) is 112 Å². The van der Waals surface area contributed by atoms with Crippen molar-refractivity contribution < 1.29 is 32.2 Å². The van der Waals surface area contributed by atoms with E-state index in [1.807, 2.05) is 0 Å². The number of methoxy groups -OCH3 is 3. The van der Waals surface area contributed by atoms with Crippen LogP contribution in [0.4, 0.5) is 5.69 Å². The summed E-state index contributed by atoms with van der Waals surface area (Å²) in [5, 5.41) is 2.66. The van der Waals surface area contributed by atoms with Gasteiger partial charge in [-0.15, -0.1) is 0 Å². The van der Waals surface area contributed by atoms with Gasteiger partial charge in [-0.05, 0) is 43.3 Å². The molecule has 2 N–H and O–H groups in total. The smallest absolute Gasteiger partial charge is 0.242 e. The maximum Gasteiger partial charge on any atom is 0.242 e. The normalized spacial score (nSPS) is 12.1. The molecule has 0 bridgehead atoms. The largest absolute Gasteiger partial charge is 0.497 e. The predicted molar refractivity (Wildman–Crippen MR) is 112 cm³/mol. The molecule has 2 aromatic rings. The minimum atomic E-state index is -3.88. The number of carbonyl (C=O) groups excluding carboxylic acids is 1. The summed E-state index contributed by atoms with van der Waals surface area (Å²) in [5.74, 6) is 0.930. The Kier molecular flexibility index (Phi) is 8.46. The molecule has 0 heterocycles. The van der Waals surface area contributed by atoms with Crippen molar-refractivity contribution in [1.29, 1.82) is 0 Å². The van der Waals surface area contributed by atoms with Gasteiger partial charge in [0.1, 0.15) is 12.4 Å². The van der Waals surface area contributed by atoms with Crippen LogP contribution in [0, 0.1) is 0 Å². The molecule has 0 aliphatic carbocycles. The van der Waals surface area contributed by atoms with E-state index in [1.54, 1.807) is 25.3 Å². The first kappa shape index (κ1) is 23.5. The second kappa shape index (κ2) is 10.8. The standard InChI is InChI=1S/C20H26N2O7S/c1-14(22-30(24,25)17-8-6-16(27-3)7-9-17)20(23)21-15-5-10-18(28-4)19(13-15)29-12-11-26-2/h5-10,13-14,22H,11-12H2,1-4H3,(H,21,23)/t14-/m0/s1. The van der Waals surface area contributed by atoms with Crippen LogP contribution in [0.2, 0.25) is 0 Å². The van der Waals surface area contributed by atoms with Crippen LogP contribution in [0.15, 0.2) is 47.4 Å². The lowest BCUT2D eigenvalue weighted by molar-refractivity contribution is -0.117. The number of ether oxygens (including phenoxy) is 4. The molecule has 2 aromatic carbocycles. The zero-order valence-corrected chi connectivity index (χ0v) is 18.1. The van der Waals surface area contributed by atoms with Gasteiger partial charge in [-0.3, -0.25) is 4.79 Å². The second-order valence-corrected chi connectivity index (χ2v) is 7.93. The van der Waals surface area contributed by atoms with Crippen molar-refractivity contribution >= 4 is 21.6 Å². The fraction of sp³-hybridized carbons (Fsp3) is 0.350. The number of anilines is 1. The maximum absolute atomic E-state index is 12.5. The first-order valence-electron chi connectivity index (χ1n) is 9.07. The highest BCUT2D eigenvalue weighted by Gasteiger charge is 2.22. The molecule has 0 fully saturated rings. The van der Waals surface area contributed by atoms with Crippen LogP contribution in [0.3, 0.4) is 0 Å². The lowest BCUT2D eigenvalue weighted by atomic mass is 10.2. The highest BCUT2D eigenvalue weighted by atomic mass is 32.2. The van der Waals surface area contributed by atoms with Gasteiger partial charge in [0.2, 0.25) is 15.9 Å².